The maximum atomic E-state index is 12.3. The summed E-state index contributed by atoms with van der Waals surface area (Å²) in [6, 6.07) is 9.55. The van der Waals surface area contributed by atoms with Gasteiger partial charge in [-0.15, -0.1) is 0 Å². The number of fused-ring (bicyclic) bond motifs is 1. The summed E-state index contributed by atoms with van der Waals surface area (Å²) in [5, 5.41) is 3.11. The first-order chi connectivity index (χ1) is 11.7. The molecule has 2 heterocycles. The number of nitrogens with one attached hydrogen (secondary N) is 1. The highest BCUT2D eigenvalue weighted by molar-refractivity contribution is 5.94. The Bertz CT molecular complexity index is 600. The highest BCUT2D eigenvalue weighted by atomic mass is 16.5. The van der Waals surface area contributed by atoms with Gasteiger partial charge >= 0.3 is 0 Å². The topological polar surface area (TPSA) is 58.6 Å². The molecule has 1 aromatic rings. The van der Waals surface area contributed by atoms with Crippen LogP contribution in [-0.2, 0) is 9.53 Å². The van der Waals surface area contributed by atoms with Gasteiger partial charge in [0, 0.05) is 56.2 Å². The monoisotopic (exact) mass is 328 g/mol. The Labute approximate surface area is 142 Å². The number of ether oxygens (including phenoxy) is 1. The molecule has 24 heavy (non-hydrogen) atoms. The fourth-order valence-corrected chi connectivity index (χ4v) is 4.07. The van der Waals surface area contributed by atoms with Crippen molar-refractivity contribution in [2.24, 2.45) is 17.8 Å². The summed E-state index contributed by atoms with van der Waals surface area (Å²) in [4.78, 5) is 26.5. The maximum Gasteiger partial charge on any atom is 0.251 e. The fraction of sp³-hybridized carbons (Fsp3) is 0.579. The van der Waals surface area contributed by atoms with E-state index in [-0.39, 0.29) is 17.9 Å². The fourth-order valence-electron chi connectivity index (χ4n) is 4.07. The van der Waals surface area contributed by atoms with Crippen molar-refractivity contribution in [1.29, 1.82) is 0 Å². The van der Waals surface area contributed by atoms with E-state index in [1.54, 1.807) is 0 Å². The van der Waals surface area contributed by atoms with Crippen LogP contribution < -0.4 is 5.32 Å². The Morgan fingerprint density at radius 3 is 2.58 bits per heavy atom. The first-order valence-electron chi connectivity index (χ1n) is 8.94. The van der Waals surface area contributed by atoms with Crippen LogP contribution in [0.25, 0.3) is 0 Å². The molecule has 1 aromatic carbocycles. The molecular formula is C19H24N2O3. The summed E-state index contributed by atoms with van der Waals surface area (Å²) < 4.78 is 5.36. The van der Waals surface area contributed by atoms with E-state index in [4.69, 9.17) is 4.74 Å². The summed E-state index contributed by atoms with van der Waals surface area (Å²) >= 11 is 0. The Hall–Kier alpha value is -1.88. The van der Waals surface area contributed by atoms with Crippen molar-refractivity contribution in [3.05, 3.63) is 35.9 Å². The maximum absolute atomic E-state index is 12.3. The van der Waals surface area contributed by atoms with Crippen LogP contribution >= 0.6 is 0 Å². The predicted molar refractivity (Wildman–Crippen MR) is 89.4 cm³/mol. The van der Waals surface area contributed by atoms with E-state index in [1.165, 1.54) is 0 Å². The number of hydrogen-bond donors (Lipinski definition) is 1. The van der Waals surface area contributed by atoms with Gasteiger partial charge in [0.25, 0.3) is 5.91 Å². The highest BCUT2D eigenvalue weighted by Gasteiger charge is 2.57. The number of piperidine rings is 1. The van der Waals surface area contributed by atoms with Gasteiger partial charge in [0.15, 0.2) is 0 Å². The first-order valence-corrected chi connectivity index (χ1v) is 8.94. The average molecular weight is 328 g/mol. The molecule has 0 bridgehead atoms. The second-order valence-corrected chi connectivity index (χ2v) is 7.26. The largest absolute Gasteiger partial charge is 0.381 e. The molecule has 0 aromatic heterocycles. The zero-order chi connectivity index (χ0) is 16.5. The van der Waals surface area contributed by atoms with Crippen LogP contribution in [0.3, 0.4) is 0 Å². The van der Waals surface area contributed by atoms with Gasteiger partial charge in [-0.25, -0.2) is 0 Å². The molecule has 0 spiro atoms. The van der Waals surface area contributed by atoms with Crippen molar-refractivity contribution in [3.63, 3.8) is 0 Å². The number of hydrogen-bond acceptors (Lipinski definition) is 3. The normalized spacial score (nSPS) is 30.9. The van der Waals surface area contributed by atoms with Crippen molar-refractivity contribution >= 4 is 11.8 Å². The summed E-state index contributed by atoms with van der Waals surface area (Å²) in [6.07, 6.45) is 2.67. The van der Waals surface area contributed by atoms with Crippen LogP contribution in [0.15, 0.2) is 30.3 Å². The number of likely N-dealkylation sites (tertiary alicyclic amines) is 1. The molecule has 4 rings (SSSR count). The molecule has 0 radical (unpaired) electrons. The molecule has 2 amide bonds. The number of nitrogens with zero attached hydrogens (tertiary/aromatic N) is 1. The van der Waals surface area contributed by atoms with Crippen LogP contribution in [0, 0.1) is 17.8 Å². The van der Waals surface area contributed by atoms with Gasteiger partial charge in [0.2, 0.25) is 5.91 Å². The second-order valence-electron chi connectivity index (χ2n) is 7.26. The molecule has 4 atom stereocenters. The Morgan fingerprint density at radius 1 is 1.17 bits per heavy atom. The summed E-state index contributed by atoms with van der Waals surface area (Å²) in [5.74, 6) is 1.70. The third kappa shape index (κ3) is 3.18. The average Bonchev–Trinajstić information content (AvgIpc) is 3.06. The van der Waals surface area contributed by atoms with E-state index < -0.39 is 0 Å². The molecular weight excluding hydrogens is 304 g/mol. The lowest BCUT2D eigenvalue weighted by Gasteiger charge is -2.21. The van der Waals surface area contributed by atoms with E-state index in [1.807, 2.05) is 35.2 Å². The Kier molecular flexibility index (Phi) is 4.27. The molecule has 1 saturated carbocycles. The van der Waals surface area contributed by atoms with E-state index in [9.17, 15) is 9.59 Å². The van der Waals surface area contributed by atoms with Crippen molar-refractivity contribution in [3.8, 4) is 0 Å². The molecule has 2 aliphatic heterocycles. The van der Waals surface area contributed by atoms with Gasteiger partial charge in [-0.2, -0.15) is 0 Å². The third-order valence-electron chi connectivity index (χ3n) is 5.67. The number of carbonyl (C=O) groups is 2. The Balaban J connectivity index is 1.21. The summed E-state index contributed by atoms with van der Waals surface area (Å²) in [7, 11) is 0. The zero-order valence-corrected chi connectivity index (χ0v) is 13.8. The third-order valence-corrected chi connectivity index (χ3v) is 5.67. The molecule has 3 fully saturated rings. The smallest absolute Gasteiger partial charge is 0.251 e. The number of benzene rings is 1. The second kappa shape index (κ2) is 6.55. The van der Waals surface area contributed by atoms with Gasteiger partial charge in [0.1, 0.15) is 0 Å². The molecule has 3 aliphatic rings. The minimum absolute atomic E-state index is 0.00545. The van der Waals surface area contributed by atoms with Crippen LogP contribution in [0.4, 0.5) is 0 Å². The van der Waals surface area contributed by atoms with Gasteiger partial charge in [-0.3, -0.25) is 9.59 Å². The first kappa shape index (κ1) is 15.6. The highest BCUT2D eigenvalue weighted by Crippen LogP contribution is 2.45. The Morgan fingerprint density at radius 2 is 1.92 bits per heavy atom. The van der Waals surface area contributed by atoms with Crippen molar-refractivity contribution in [1.82, 2.24) is 10.2 Å². The zero-order valence-electron chi connectivity index (χ0n) is 13.8. The molecule has 128 valence electrons. The summed E-state index contributed by atoms with van der Waals surface area (Å²) in [5.41, 5.74) is 0.703. The molecule has 5 nitrogen and oxygen atoms in total. The van der Waals surface area contributed by atoms with Gasteiger partial charge in [-0.05, 0) is 30.9 Å². The van der Waals surface area contributed by atoms with Gasteiger partial charge in [0.05, 0.1) is 0 Å². The number of carbonyl (C=O) groups excluding carboxylic acids is 2. The van der Waals surface area contributed by atoms with Crippen molar-refractivity contribution < 1.29 is 14.3 Å². The van der Waals surface area contributed by atoms with E-state index in [0.29, 0.717) is 29.7 Å². The van der Waals surface area contributed by atoms with E-state index in [2.05, 4.69) is 5.32 Å². The van der Waals surface area contributed by atoms with Crippen LogP contribution in [0.5, 0.6) is 0 Å². The van der Waals surface area contributed by atoms with E-state index in [0.717, 1.165) is 39.1 Å². The minimum Gasteiger partial charge on any atom is -0.381 e. The van der Waals surface area contributed by atoms with Crippen molar-refractivity contribution in [2.75, 3.05) is 26.3 Å². The van der Waals surface area contributed by atoms with Crippen LogP contribution in [0.1, 0.15) is 29.6 Å². The molecule has 1 aliphatic carbocycles. The summed E-state index contributed by atoms with van der Waals surface area (Å²) in [6.45, 7) is 3.25. The molecule has 1 N–H and O–H groups in total. The molecule has 2 unspecified atom stereocenters. The lowest BCUT2D eigenvalue weighted by Crippen LogP contribution is -2.37. The van der Waals surface area contributed by atoms with Gasteiger partial charge in [-0.1, -0.05) is 18.2 Å². The lowest BCUT2D eigenvalue weighted by atomic mass is 10.0. The molecule has 5 heteroatoms. The number of rotatable bonds is 5. The van der Waals surface area contributed by atoms with Crippen molar-refractivity contribution in [2.45, 2.75) is 25.3 Å². The van der Waals surface area contributed by atoms with Crippen LogP contribution in [0.2, 0.25) is 0 Å². The minimum atomic E-state index is -0.00545. The quantitative estimate of drug-likeness (QED) is 0.895. The van der Waals surface area contributed by atoms with Crippen LogP contribution in [-0.4, -0.2) is 49.1 Å². The van der Waals surface area contributed by atoms with Gasteiger partial charge < -0.3 is 15.0 Å². The number of amides is 2. The predicted octanol–water partition coefficient (Wildman–Crippen LogP) is 1.69. The lowest BCUT2D eigenvalue weighted by molar-refractivity contribution is -0.131. The standard InChI is InChI=1S/C19H24N2O3/c22-17(7-6-13-8-9-24-12-13)21-10-15-16(11-21)18(15)20-19(23)14-4-2-1-3-5-14/h1-5,13,15-16,18H,6-12H2,(H,20,23)/t13?,15-,16+,18?. The van der Waals surface area contributed by atoms with E-state index >= 15 is 0 Å². The molecule has 2 saturated heterocycles. The SMILES string of the molecule is O=C(NC1[C@H]2CN(C(=O)CCC3CCOC3)C[C@@H]12)c1ccccc1.